The Kier molecular flexibility index (Phi) is 3.41. The minimum Gasteiger partial charge on any atom is -0.258 e. The molecule has 0 atom stereocenters. The lowest BCUT2D eigenvalue weighted by molar-refractivity contribution is -0.385. The minimum atomic E-state index is -0.665. The highest BCUT2D eigenvalue weighted by Crippen LogP contribution is 2.30. The Bertz CT molecular complexity index is 805. The molecule has 21 heavy (non-hydrogen) atoms. The average molecular weight is 301 g/mol. The maximum absolute atomic E-state index is 14.0. The molecule has 0 amide bonds. The van der Waals surface area contributed by atoms with Crippen LogP contribution < -0.4 is 0 Å². The molecule has 2 aromatic heterocycles. The molecule has 0 spiro atoms. The predicted molar refractivity (Wildman–Crippen MR) is 77.4 cm³/mol. The number of hydrogen-bond donors (Lipinski definition) is 0. The van der Waals surface area contributed by atoms with Gasteiger partial charge < -0.3 is 0 Å². The summed E-state index contributed by atoms with van der Waals surface area (Å²) < 4.78 is 14.0. The van der Waals surface area contributed by atoms with Gasteiger partial charge in [0.15, 0.2) is 0 Å². The molecule has 7 heteroatoms. The second-order valence-corrected chi connectivity index (χ2v) is 5.03. The molecule has 0 aliphatic heterocycles. The van der Waals surface area contributed by atoms with E-state index >= 15 is 0 Å². The maximum atomic E-state index is 14.0. The summed E-state index contributed by atoms with van der Waals surface area (Å²) in [5.41, 5.74) is 1.10. The summed E-state index contributed by atoms with van der Waals surface area (Å²) in [5.74, 6) is -0.665. The summed E-state index contributed by atoms with van der Waals surface area (Å²) in [6.45, 7) is 0. The molecule has 3 rings (SSSR count). The lowest BCUT2D eigenvalue weighted by Crippen LogP contribution is -1.91. The standard InChI is InChI=1S/C14H8FN3O2S/c15-11-7-9(18(19)20)4-5-10(11)13-8-21-14(17-13)12-3-1-2-6-16-12/h1-8H. The van der Waals surface area contributed by atoms with Gasteiger partial charge in [0.1, 0.15) is 10.8 Å². The molecular formula is C14H8FN3O2S. The van der Waals surface area contributed by atoms with E-state index < -0.39 is 10.7 Å². The van der Waals surface area contributed by atoms with Crippen LogP contribution in [0.25, 0.3) is 22.0 Å². The lowest BCUT2D eigenvalue weighted by atomic mass is 10.1. The second-order valence-electron chi connectivity index (χ2n) is 4.17. The van der Waals surface area contributed by atoms with Crippen LogP contribution in [-0.4, -0.2) is 14.9 Å². The van der Waals surface area contributed by atoms with E-state index in [0.717, 1.165) is 6.07 Å². The van der Waals surface area contributed by atoms with Crippen LogP contribution in [0.1, 0.15) is 0 Å². The van der Waals surface area contributed by atoms with Crippen molar-refractivity contribution in [1.29, 1.82) is 0 Å². The Morgan fingerprint density at radius 3 is 2.71 bits per heavy atom. The van der Waals surface area contributed by atoms with Crippen molar-refractivity contribution in [2.75, 3.05) is 0 Å². The molecule has 0 aliphatic carbocycles. The van der Waals surface area contributed by atoms with Crippen LogP contribution in [0, 0.1) is 15.9 Å². The van der Waals surface area contributed by atoms with E-state index in [1.54, 1.807) is 17.6 Å². The Hall–Kier alpha value is -2.67. The van der Waals surface area contributed by atoms with Crippen molar-refractivity contribution >= 4 is 17.0 Å². The fourth-order valence-electron chi connectivity index (χ4n) is 1.83. The van der Waals surface area contributed by atoms with E-state index in [9.17, 15) is 14.5 Å². The Balaban J connectivity index is 1.99. The van der Waals surface area contributed by atoms with Crippen LogP contribution in [0.2, 0.25) is 0 Å². The first-order valence-electron chi connectivity index (χ1n) is 5.96. The third-order valence-electron chi connectivity index (χ3n) is 2.83. The molecule has 0 radical (unpaired) electrons. The summed E-state index contributed by atoms with van der Waals surface area (Å²) >= 11 is 1.34. The van der Waals surface area contributed by atoms with Gasteiger partial charge in [0.2, 0.25) is 0 Å². The van der Waals surface area contributed by atoms with Crippen molar-refractivity contribution < 1.29 is 9.31 Å². The van der Waals surface area contributed by atoms with Gasteiger partial charge in [0.05, 0.1) is 22.4 Å². The number of rotatable bonds is 3. The van der Waals surface area contributed by atoms with E-state index in [1.807, 2.05) is 12.1 Å². The molecule has 5 nitrogen and oxygen atoms in total. The Morgan fingerprint density at radius 1 is 1.19 bits per heavy atom. The van der Waals surface area contributed by atoms with Crippen LogP contribution in [-0.2, 0) is 0 Å². The van der Waals surface area contributed by atoms with Crippen molar-refractivity contribution in [3.05, 3.63) is 63.9 Å². The first-order valence-corrected chi connectivity index (χ1v) is 6.84. The van der Waals surface area contributed by atoms with Gasteiger partial charge in [-0.25, -0.2) is 9.37 Å². The van der Waals surface area contributed by atoms with Crippen molar-refractivity contribution in [2.45, 2.75) is 0 Å². The molecule has 104 valence electrons. The van der Waals surface area contributed by atoms with Gasteiger partial charge in [-0.2, -0.15) is 0 Å². The topological polar surface area (TPSA) is 68.9 Å². The van der Waals surface area contributed by atoms with Crippen LogP contribution in [0.5, 0.6) is 0 Å². The third kappa shape index (κ3) is 2.63. The zero-order valence-electron chi connectivity index (χ0n) is 10.6. The fourth-order valence-corrected chi connectivity index (χ4v) is 2.63. The number of nitro groups is 1. The van der Waals surface area contributed by atoms with E-state index in [2.05, 4.69) is 9.97 Å². The minimum absolute atomic E-state index is 0.235. The monoisotopic (exact) mass is 301 g/mol. The van der Waals surface area contributed by atoms with E-state index in [1.165, 1.54) is 23.5 Å². The molecule has 2 heterocycles. The number of nitro benzene ring substituents is 1. The Labute approximate surface area is 122 Å². The van der Waals surface area contributed by atoms with Gasteiger partial charge in [-0.05, 0) is 18.2 Å². The average Bonchev–Trinajstić information content (AvgIpc) is 2.97. The Morgan fingerprint density at radius 2 is 2.05 bits per heavy atom. The third-order valence-corrected chi connectivity index (χ3v) is 3.69. The van der Waals surface area contributed by atoms with Gasteiger partial charge in [-0.3, -0.25) is 15.1 Å². The first-order chi connectivity index (χ1) is 10.1. The van der Waals surface area contributed by atoms with E-state index in [-0.39, 0.29) is 11.3 Å². The first kappa shape index (κ1) is 13.3. The maximum Gasteiger partial charge on any atom is 0.272 e. The lowest BCUT2D eigenvalue weighted by Gasteiger charge is -1.99. The SMILES string of the molecule is O=[N+]([O-])c1ccc(-c2csc(-c3ccccn3)n2)c(F)c1. The highest BCUT2D eigenvalue weighted by molar-refractivity contribution is 7.13. The van der Waals surface area contributed by atoms with E-state index in [4.69, 9.17) is 0 Å². The number of non-ortho nitro benzene ring substituents is 1. The van der Waals surface area contributed by atoms with Gasteiger partial charge in [0, 0.05) is 23.2 Å². The molecule has 0 aliphatic rings. The summed E-state index contributed by atoms with van der Waals surface area (Å²) in [7, 11) is 0. The van der Waals surface area contributed by atoms with E-state index in [0.29, 0.717) is 16.4 Å². The number of aromatic nitrogens is 2. The van der Waals surface area contributed by atoms with Crippen LogP contribution in [0.4, 0.5) is 10.1 Å². The van der Waals surface area contributed by atoms with Crippen LogP contribution in [0.3, 0.4) is 0 Å². The zero-order valence-corrected chi connectivity index (χ0v) is 11.4. The molecule has 1 aromatic carbocycles. The van der Waals surface area contributed by atoms with Gasteiger partial charge in [-0.1, -0.05) is 6.07 Å². The van der Waals surface area contributed by atoms with Crippen molar-refractivity contribution in [1.82, 2.24) is 9.97 Å². The normalized spacial score (nSPS) is 10.5. The molecule has 0 bridgehead atoms. The second kappa shape index (κ2) is 5.37. The highest BCUT2D eigenvalue weighted by Gasteiger charge is 2.15. The van der Waals surface area contributed by atoms with Gasteiger partial charge in [0.25, 0.3) is 5.69 Å². The summed E-state index contributed by atoms with van der Waals surface area (Å²) in [5, 5.41) is 13.0. The number of halogens is 1. The molecule has 0 saturated heterocycles. The molecule has 0 unspecified atom stereocenters. The molecule has 3 aromatic rings. The fraction of sp³-hybridized carbons (Fsp3) is 0. The molecule has 0 saturated carbocycles. The quantitative estimate of drug-likeness (QED) is 0.543. The summed E-state index contributed by atoms with van der Waals surface area (Å²) in [6.07, 6.45) is 1.66. The highest BCUT2D eigenvalue weighted by atomic mass is 32.1. The van der Waals surface area contributed by atoms with Gasteiger partial charge >= 0.3 is 0 Å². The molecule has 0 N–H and O–H groups in total. The van der Waals surface area contributed by atoms with Crippen molar-refractivity contribution in [3.8, 4) is 22.0 Å². The largest absolute Gasteiger partial charge is 0.272 e. The molecule has 0 fully saturated rings. The number of hydrogen-bond acceptors (Lipinski definition) is 5. The predicted octanol–water partition coefficient (Wildman–Crippen LogP) is 3.92. The summed E-state index contributed by atoms with van der Waals surface area (Å²) in [6, 6.07) is 8.98. The summed E-state index contributed by atoms with van der Waals surface area (Å²) in [4.78, 5) is 18.5. The zero-order chi connectivity index (χ0) is 14.8. The molecular weight excluding hydrogens is 293 g/mol. The van der Waals surface area contributed by atoms with Crippen LogP contribution in [0.15, 0.2) is 48.0 Å². The number of thiazole rings is 1. The number of pyridine rings is 1. The van der Waals surface area contributed by atoms with Crippen LogP contribution >= 0.6 is 11.3 Å². The number of benzene rings is 1. The van der Waals surface area contributed by atoms with Crippen molar-refractivity contribution in [3.63, 3.8) is 0 Å². The number of nitrogens with zero attached hydrogens (tertiary/aromatic N) is 3. The smallest absolute Gasteiger partial charge is 0.258 e. The van der Waals surface area contributed by atoms with Crippen molar-refractivity contribution in [2.24, 2.45) is 0 Å². The van der Waals surface area contributed by atoms with Gasteiger partial charge in [-0.15, -0.1) is 11.3 Å².